The number of benzene rings is 1. The van der Waals surface area contributed by atoms with Crippen LogP contribution >= 0.6 is 12.6 Å². The quantitative estimate of drug-likeness (QED) is 0.440. The Labute approximate surface area is 62.3 Å². The molecular formula is C6H5F2NS. The zero-order valence-corrected chi connectivity index (χ0v) is 5.83. The van der Waals surface area contributed by atoms with Gasteiger partial charge in [0.15, 0.2) is 0 Å². The summed E-state index contributed by atoms with van der Waals surface area (Å²) in [6.07, 6.45) is 0. The van der Waals surface area contributed by atoms with E-state index >= 15 is 0 Å². The number of hydrogen-bond acceptors (Lipinski definition) is 2. The summed E-state index contributed by atoms with van der Waals surface area (Å²) < 4.78 is 24.7. The van der Waals surface area contributed by atoms with Crippen molar-refractivity contribution in [2.75, 3.05) is 5.73 Å². The molecule has 0 saturated carbocycles. The van der Waals surface area contributed by atoms with E-state index in [1.165, 1.54) is 0 Å². The molecule has 0 saturated heterocycles. The van der Waals surface area contributed by atoms with Crippen molar-refractivity contribution in [2.24, 2.45) is 0 Å². The number of rotatable bonds is 0. The maximum atomic E-state index is 12.4. The van der Waals surface area contributed by atoms with Gasteiger partial charge in [0.25, 0.3) is 0 Å². The molecule has 0 aliphatic heterocycles. The average molecular weight is 161 g/mol. The van der Waals surface area contributed by atoms with Crippen LogP contribution in [0.15, 0.2) is 17.0 Å². The summed E-state index contributed by atoms with van der Waals surface area (Å²) in [6.45, 7) is 0. The smallest absolute Gasteiger partial charge is 0.150 e. The lowest BCUT2D eigenvalue weighted by molar-refractivity contribution is 0.581. The van der Waals surface area contributed by atoms with Crippen molar-refractivity contribution >= 4 is 18.3 Å². The molecule has 0 fully saturated rings. The number of thiol groups is 1. The minimum absolute atomic E-state index is 0.121. The maximum absolute atomic E-state index is 12.4. The van der Waals surface area contributed by atoms with Crippen LogP contribution in [-0.2, 0) is 0 Å². The molecule has 1 nitrogen and oxygen atoms in total. The Bertz CT molecular complexity index is 239. The summed E-state index contributed by atoms with van der Waals surface area (Å²) in [7, 11) is 0. The first-order chi connectivity index (χ1) is 4.61. The fourth-order valence-electron chi connectivity index (χ4n) is 0.571. The number of nitrogens with two attached hydrogens (primary N) is 1. The first-order valence-electron chi connectivity index (χ1n) is 2.54. The molecule has 1 aromatic carbocycles. The Morgan fingerprint density at radius 1 is 1.30 bits per heavy atom. The molecule has 2 N–H and O–H groups in total. The van der Waals surface area contributed by atoms with Crippen molar-refractivity contribution < 1.29 is 8.78 Å². The SMILES string of the molecule is Nc1c(F)cc(F)cc1S. The summed E-state index contributed by atoms with van der Waals surface area (Å²) >= 11 is 3.73. The van der Waals surface area contributed by atoms with Crippen molar-refractivity contribution in [1.29, 1.82) is 0 Å². The first-order valence-corrected chi connectivity index (χ1v) is 2.99. The second-order valence-electron chi connectivity index (χ2n) is 1.82. The van der Waals surface area contributed by atoms with Crippen LogP contribution in [0.4, 0.5) is 14.5 Å². The summed E-state index contributed by atoms with van der Waals surface area (Å²) in [4.78, 5) is 0.123. The van der Waals surface area contributed by atoms with E-state index in [1.54, 1.807) is 0 Å². The summed E-state index contributed by atoms with van der Waals surface area (Å²) in [5.74, 6) is -1.44. The second-order valence-corrected chi connectivity index (χ2v) is 2.30. The summed E-state index contributed by atoms with van der Waals surface area (Å²) in [5, 5.41) is 0. The molecular weight excluding hydrogens is 156 g/mol. The van der Waals surface area contributed by atoms with E-state index in [0.29, 0.717) is 0 Å². The van der Waals surface area contributed by atoms with Gasteiger partial charge in [-0.05, 0) is 6.07 Å². The molecule has 0 atom stereocenters. The van der Waals surface area contributed by atoms with Gasteiger partial charge in [-0.2, -0.15) is 0 Å². The third-order valence-electron chi connectivity index (χ3n) is 1.07. The third kappa shape index (κ3) is 1.21. The maximum Gasteiger partial charge on any atom is 0.150 e. The minimum Gasteiger partial charge on any atom is -0.395 e. The van der Waals surface area contributed by atoms with Gasteiger partial charge in [-0.15, -0.1) is 12.6 Å². The molecule has 0 unspecified atom stereocenters. The van der Waals surface area contributed by atoms with Crippen molar-refractivity contribution in [3.05, 3.63) is 23.8 Å². The second kappa shape index (κ2) is 2.46. The van der Waals surface area contributed by atoms with Crippen LogP contribution in [0.2, 0.25) is 0 Å². The van der Waals surface area contributed by atoms with Gasteiger partial charge >= 0.3 is 0 Å². The first kappa shape index (κ1) is 7.34. The Balaban J connectivity index is 3.31. The Morgan fingerprint density at radius 3 is 2.40 bits per heavy atom. The summed E-state index contributed by atoms with van der Waals surface area (Å²) in [6, 6.07) is 1.77. The van der Waals surface area contributed by atoms with E-state index in [0.717, 1.165) is 12.1 Å². The van der Waals surface area contributed by atoms with Crippen molar-refractivity contribution in [3.63, 3.8) is 0 Å². The van der Waals surface area contributed by atoms with Gasteiger partial charge in [-0.1, -0.05) is 0 Å². The molecule has 54 valence electrons. The van der Waals surface area contributed by atoms with Crippen molar-refractivity contribution in [2.45, 2.75) is 4.90 Å². The van der Waals surface area contributed by atoms with E-state index in [2.05, 4.69) is 12.6 Å². The Kier molecular flexibility index (Phi) is 1.80. The zero-order valence-electron chi connectivity index (χ0n) is 4.94. The predicted molar refractivity (Wildman–Crippen MR) is 38.0 cm³/mol. The molecule has 0 aromatic heterocycles. The van der Waals surface area contributed by atoms with Gasteiger partial charge in [0.05, 0.1) is 5.69 Å². The van der Waals surface area contributed by atoms with E-state index in [1.807, 2.05) is 0 Å². The highest BCUT2D eigenvalue weighted by Crippen LogP contribution is 2.20. The van der Waals surface area contributed by atoms with Gasteiger partial charge in [0.2, 0.25) is 0 Å². The van der Waals surface area contributed by atoms with Crippen LogP contribution in [0.3, 0.4) is 0 Å². The van der Waals surface area contributed by atoms with Crippen LogP contribution in [0.5, 0.6) is 0 Å². The monoisotopic (exact) mass is 161 g/mol. The van der Waals surface area contributed by atoms with Crippen LogP contribution in [0, 0.1) is 11.6 Å². The molecule has 0 bridgehead atoms. The van der Waals surface area contributed by atoms with E-state index in [-0.39, 0.29) is 10.6 Å². The lowest BCUT2D eigenvalue weighted by atomic mass is 10.3. The van der Waals surface area contributed by atoms with Crippen LogP contribution in [-0.4, -0.2) is 0 Å². The summed E-state index contributed by atoms with van der Waals surface area (Å²) in [5.41, 5.74) is 5.01. The van der Waals surface area contributed by atoms with Crippen LogP contribution < -0.4 is 5.73 Å². The molecule has 4 heteroatoms. The molecule has 0 heterocycles. The van der Waals surface area contributed by atoms with Crippen LogP contribution in [0.1, 0.15) is 0 Å². The van der Waals surface area contributed by atoms with Crippen LogP contribution in [0.25, 0.3) is 0 Å². The zero-order chi connectivity index (χ0) is 7.72. The molecule has 0 spiro atoms. The molecule has 1 aromatic rings. The lowest BCUT2D eigenvalue weighted by Gasteiger charge is -1.98. The van der Waals surface area contributed by atoms with Gasteiger partial charge in [-0.25, -0.2) is 8.78 Å². The largest absolute Gasteiger partial charge is 0.395 e. The lowest BCUT2D eigenvalue weighted by Crippen LogP contribution is -1.92. The Morgan fingerprint density at radius 2 is 1.90 bits per heavy atom. The number of hydrogen-bond donors (Lipinski definition) is 2. The molecule has 0 radical (unpaired) electrons. The van der Waals surface area contributed by atoms with E-state index < -0.39 is 11.6 Å². The fraction of sp³-hybridized carbons (Fsp3) is 0. The van der Waals surface area contributed by atoms with Crippen molar-refractivity contribution in [3.8, 4) is 0 Å². The number of anilines is 1. The minimum atomic E-state index is -0.773. The van der Waals surface area contributed by atoms with Gasteiger partial charge in [0.1, 0.15) is 11.6 Å². The highest BCUT2D eigenvalue weighted by Gasteiger charge is 2.03. The van der Waals surface area contributed by atoms with Gasteiger partial charge in [-0.3, -0.25) is 0 Å². The third-order valence-corrected chi connectivity index (χ3v) is 1.44. The average Bonchev–Trinajstić information content (AvgIpc) is 1.82. The number of nitrogen functional groups attached to an aromatic ring is 1. The van der Waals surface area contributed by atoms with Crippen molar-refractivity contribution in [1.82, 2.24) is 0 Å². The van der Waals surface area contributed by atoms with E-state index in [4.69, 9.17) is 5.73 Å². The molecule has 0 amide bonds. The molecule has 10 heavy (non-hydrogen) atoms. The van der Waals surface area contributed by atoms with Gasteiger partial charge < -0.3 is 5.73 Å². The highest BCUT2D eigenvalue weighted by molar-refractivity contribution is 7.80. The predicted octanol–water partition coefficient (Wildman–Crippen LogP) is 1.84. The normalized spacial score (nSPS) is 9.90. The Hall–Kier alpha value is -0.770. The number of halogens is 2. The highest BCUT2D eigenvalue weighted by atomic mass is 32.1. The topological polar surface area (TPSA) is 26.0 Å². The van der Waals surface area contributed by atoms with E-state index in [9.17, 15) is 8.78 Å². The molecule has 0 aliphatic rings. The molecule has 0 aliphatic carbocycles. The molecule has 1 rings (SSSR count). The standard InChI is InChI=1S/C6H5F2NS/c7-3-1-4(8)6(9)5(10)2-3/h1-2,10H,9H2. The van der Waals surface area contributed by atoms with Gasteiger partial charge in [0, 0.05) is 11.0 Å². The fourth-order valence-corrected chi connectivity index (χ4v) is 0.801.